The van der Waals surface area contributed by atoms with Crippen molar-refractivity contribution < 1.29 is 4.79 Å². The molecule has 2 aromatic rings. The van der Waals surface area contributed by atoms with Gasteiger partial charge in [-0.2, -0.15) is 5.10 Å². The van der Waals surface area contributed by atoms with Gasteiger partial charge in [-0.3, -0.25) is 4.79 Å². The van der Waals surface area contributed by atoms with Crippen molar-refractivity contribution in [3.63, 3.8) is 0 Å². The number of amides is 1. The maximum atomic E-state index is 11.7. The fraction of sp³-hybridized carbons (Fsp3) is 0.385. The summed E-state index contributed by atoms with van der Waals surface area (Å²) >= 11 is 0. The Morgan fingerprint density at radius 3 is 3.00 bits per heavy atom. The van der Waals surface area contributed by atoms with Gasteiger partial charge in [0.15, 0.2) is 0 Å². The third-order valence-electron chi connectivity index (χ3n) is 3.59. The molecule has 0 radical (unpaired) electrons. The first-order valence-electron chi connectivity index (χ1n) is 6.12. The van der Waals surface area contributed by atoms with Gasteiger partial charge >= 0.3 is 0 Å². The molecular formula is C13H16N4O. The summed E-state index contributed by atoms with van der Waals surface area (Å²) in [5, 5.41) is 4.54. The third kappa shape index (κ3) is 1.67. The summed E-state index contributed by atoms with van der Waals surface area (Å²) in [5.74, 6) is -0.0850. The molecule has 5 nitrogen and oxygen atoms in total. The van der Waals surface area contributed by atoms with Gasteiger partial charge in [-0.05, 0) is 32.1 Å². The predicted octanol–water partition coefficient (Wildman–Crippen LogP) is 0.852. The van der Waals surface area contributed by atoms with E-state index in [2.05, 4.69) is 17.0 Å². The Bertz CT molecular complexity index is 604. The van der Waals surface area contributed by atoms with Crippen LogP contribution in [0, 0.1) is 0 Å². The number of likely N-dealkylation sites (tertiary alicyclic amines) is 1. The molecule has 0 saturated carbocycles. The highest BCUT2D eigenvalue weighted by Gasteiger charge is 2.28. The van der Waals surface area contributed by atoms with E-state index in [1.807, 2.05) is 24.4 Å². The van der Waals surface area contributed by atoms with E-state index in [4.69, 9.17) is 5.73 Å². The van der Waals surface area contributed by atoms with Gasteiger partial charge in [-0.1, -0.05) is 6.07 Å². The number of hydrogen-bond acceptors (Lipinski definition) is 3. The summed E-state index contributed by atoms with van der Waals surface area (Å²) in [6.07, 6.45) is 2.88. The van der Waals surface area contributed by atoms with Crippen molar-refractivity contribution in [1.29, 1.82) is 0 Å². The molecule has 1 fully saturated rings. The number of pyridine rings is 1. The predicted molar refractivity (Wildman–Crippen MR) is 68.6 cm³/mol. The number of carbonyl (C=O) groups is 1. The maximum absolute atomic E-state index is 11.7. The number of hydrogen-bond donors (Lipinski definition) is 1. The molecule has 2 aromatic heterocycles. The highest BCUT2D eigenvalue weighted by Crippen LogP contribution is 2.29. The summed E-state index contributed by atoms with van der Waals surface area (Å²) in [6.45, 7) is 1.97. The molecule has 1 amide bonds. The van der Waals surface area contributed by atoms with Crippen LogP contribution in [0.5, 0.6) is 0 Å². The zero-order valence-corrected chi connectivity index (χ0v) is 10.3. The Kier molecular flexibility index (Phi) is 2.56. The van der Waals surface area contributed by atoms with Gasteiger partial charge in [0.1, 0.15) is 0 Å². The molecule has 0 aliphatic carbocycles. The summed E-state index contributed by atoms with van der Waals surface area (Å²) < 4.78 is 1.74. The number of primary amides is 1. The third-order valence-corrected chi connectivity index (χ3v) is 3.59. The number of likely N-dealkylation sites (N-methyl/N-ethyl adjacent to an activating group) is 1. The molecule has 94 valence electrons. The van der Waals surface area contributed by atoms with Crippen LogP contribution < -0.4 is 5.73 Å². The smallest absolute Gasteiger partial charge is 0.252 e. The molecule has 1 aliphatic rings. The van der Waals surface area contributed by atoms with Gasteiger partial charge in [0.05, 0.1) is 16.8 Å². The number of aromatic nitrogens is 2. The van der Waals surface area contributed by atoms with Crippen LogP contribution in [-0.2, 0) is 0 Å². The van der Waals surface area contributed by atoms with Crippen molar-refractivity contribution in [2.45, 2.75) is 12.3 Å². The number of fused-ring (bicyclic) bond motifs is 1. The molecular weight excluding hydrogens is 228 g/mol. The molecule has 1 aliphatic heterocycles. The highest BCUT2D eigenvalue weighted by molar-refractivity contribution is 6.01. The summed E-state index contributed by atoms with van der Waals surface area (Å²) in [7, 11) is 2.08. The average molecular weight is 244 g/mol. The minimum atomic E-state index is -0.388. The van der Waals surface area contributed by atoms with Gasteiger partial charge in [-0.15, -0.1) is 0 Å². The zero-order chi connectivity index (χ0) is 12.7. The van der Waals surface area contributed by atoms with Crippen molar-refractivity contribution in [3.05, 3.63) is 35.7 Å². The standard InChI is InChI=1S/C13H16N4O/c1-16-7-5-9(8-16)12-11(13(14)18)10-4-2-3-6-17(10)15-12/h2-4,6,9H,5,7-8H2,1H3,(H2,14,18)/t9-/m0/s1. The van der Waals surface area contributed by atoms with E-state index in [9.17, 15) is 4.79 Å². The van der Waals surface area contributed by atoms with E-state index >= 15 is 0 Å². The minimum Gasteiger partial charge on any atom is -0.365 e. The van der Waals surface area contributed by atoms with Crippen LogP contribution in [0.3, 0.4) is 0 Å². The van der Waals surface area contributed by atoms with Crippen molar-refractivity contribution in [1.82, 2.24) is 14.5 Å². The molecule has 3 rings (SSSR count). The Morgan fingerprint density at radius 1 is 1.50 bits per heavy atom. The summed E-state index contributed by atoms with van der Waals surface area (Å²) in [6, 6.07) is 5.68. The number of rotatable bonds is 2. The Balaban J connectivity index is 2.16. The summed E-state index contributed by atoms with van der Waals surface area (Å²) in [5.41, 5.74) is 7.75. The van der Waals surface area contributed by atoms with Crippen molar-refractivity contribution in [2.24, 2.45) is 5.73 Å². The van der Waals surface area contributed by atoms with Crippen LogP contribution in [0.2, 0.25) is 0 Å². The first kappa shape index (κ1) is 11.2. The van der Waals surface area contributed by atoms with E-state index in [0.717, 1.165) is 30.7 Å². The first-order chi connectivity index (χ1) is 8.66. The lowest BCUT2D eigenvalue weighted by Crippen LogP contribution is -2.17. The average Bonchev–Trinajstić information content (AvgIpc) is 2.91. The lowest BCUT2D eigenvalue weighted by atomic mass is 10.00. The maximum Gasteiger partial charge on any atom is 0.252 e. The van der Waals surface area contributed by atoms with E-state index < -0.39 is 0 Å². The fourth-order valence-corrected chi connectivity index (χ4v) is 2.71. The second-order valence-electron chi connectivity index (χ2n) is 4.90. The Hall–Kier alpha value is -1.88. The molecule has 1 atom stereocenters. The van der Waals surface area contributed by atoms with Gasteiger partial charge in [0.2, 0.25) is 0 Å². The molecule has 0 spiro atoms. The molecule has 3 heterocycles. The number of nitrogens with two attached hydrogens (primary N) is 1. The molecule has 18 heavy (non-hydrogen) atoms. The van der Waals surface area contributed by atoms with E-state index in [0.29, 0.717) is 11.5 Å². The van der Waals surface area contributed by atoms with E-state index in [1.165, 1.54) is 0 Å². The summed E-state index contributed by atoms with van der Waals surface area (Å²) in [4.78, 5) is 13.9. The fourth-order valence-electron chi connectivity index (χ4n) is 2.71. The lowest BCUT2D eigenvalue weighted by Gasteiger charge is -2.08. The monoisotopic (exact) mass is 244 g/mol. The van der Waals surface area contributed by atoms with Crippen molar-refractivity contribution >= 4 is 11.4 Å². The second kappa shape index (κ2) is 4.10. The number of nitrogens with zero attached hydrogens (tertiary/aromatic N) is 3. The Morgan fingerprint density at radius 2 is 2.33 bits per heavy atom. The molecule has 0 aromatic carbocycles. The molecule has 0 unspecified atom stereocenters. The lowest BCUT2D eigenvalue weighted by molar-refractivity contribution is 0.100. The van der Waals surface area contributed by atoms with Gasteiger partial charge < -0.3 is 10.6 Å². The van der Waals surface area contributed by atoms with Crippen LogP contribution in [0.15, 0.2) is 24.4 Å². The normalized spacial score (nSPS) is 20.6. The van der Waals surface area contributed by atoms with E-state index in [-0.39, 0.29) is 5.91 Å². The zero-order valence-electron chi connectivity index (χ0n) is 10.3. The molecule has 2 N–H and O–H groups in total. The van der Waals surface area contributed by atoms with Gasteiger partial charge in [0, 0.05) is 18.7 Å². The molecule has 0 bridgehead atoms. The largest absolute Gasteiger partial charge is 0.365 e. The molecule has 1 saturated heterocycles. The minimum absolute atomic E-state index is 0.303. The van der Waals surface area contributed by atoms with Gasteiger partial charge in [-0.25, -0.2) is 4.52 Å². The SMILES string of the molecule is CN1CC[C@H](c2nn3ccccc3c2C(N)=O)C1. The van der Waals surface area contributed by atoms with Crippen LogP contribution in [0.4, 0.5) is 0 Å². The van der Waals surface area contributed by atoms with Crippen LogP contribution in [0.1, 0.15) is 28.4 Å². The van der Waals surface area contributed by atoms with Crippen LogP contribution in [-0.4, -0.2) is 40.6 Å². The first-order valence-corrected chi connectivity index (χ1v) is 6.12. The molecule has 5 heteroatoms. The Labute approximate surface area is 105 Å². The number of carbonyl (C=O) groups excluding carboxylic acids is 1. The van der Waals surface area contributed by atoms with Crippen molar-refractivity contribution in [2.75, 3.05) is 20.1 Å². The highest BCUT2D eigenvalue weighted by atomic mass is 16.1. The quantitative estimate of drug-likeness (QED) is 0.852. The van der Waals surface area contributed by atoms with Crippen LogP contribution in [0.25, 0.3) is 5.52 Å². The van der Waals surface area contributed by atoms with E-state index in [1.54, 1.807) is 4.52 Å². The second-order valence-corrected chi connectivity index (χ2v) is 4.90. The topological polar surface area (TPSA) is 63.6 Å². The van der Waals surface area contributed by atoms with Crippen molar-refractivity contribution in [3.8, 4) is 0 Å². The van der Waals surface area contributed by atoms with Crippen LogP contribution >= 0.6 is 0 Å². The van der Waals surface area contributed by atoms with Gasteiger partial charge in [0.25, 0.3) is 5.91 Å².